The molecule has 3 nitrogen and oxygen atoms in total. The van der Waals surface area contributed by atoms with E-state index >= 15 is 0 Å². The Balaban J connectivity index is 1.71. The molecule has 1 N–H and O–H groups in total. The molecule has 1 unspecified atom stereocenters. The Morgan fingerprint density at radius 3 is 2.83 bits per heavy atom. The second-order valence-corrected chi connectivity index (χ2v) is 5.75. The van der Waals surface area contributed by atoms with E-state index < -0.39 is 0 Å². The summed E-state index contributed by atoms with van der Waals surface area (Å²) in [5, 5.41) is 10.1. The van der Waals surface area contributed by atoms with E-state index in [9.17, 15) is 5.11 Å². The van der Waals surface area contributed by atoms with E-state index in [1.807, 2.05) is 0 Å². The van der Waals surface area contributed by atoms with Crippen LogP contribution in [0.1, 0.15) is 49.3 Å². The second kappa shape index (κ2) is 5.45. The minimum absolute atomic E-state index is 0.238. The average Bonchev–Trinajstić information content (AvgIpc) is 2.71. The lowest BCUT2D eigenvalue weighted by Gasteiger charge is -2.22. The predicted molar refractivity (Wildman–Crippen MR) is 70.5 cm³/mol. The third kappa shape index (κ3) is 2.62. The zero-order chi connectivity index (χ0) is 12.4. The van der Waals surface area contributed by atoms with Crippen LogP contribution in [-0.2, 0) is 17.7 Å². The fourth-order valence-corrected chi connectivity index (χ4v) is 3.22. The molecule has 0 spiro atoms. The molecular weight excluding hydrogens is 226 g/mol. The Hall–Kier alpha value is -0.800. The molecule has 2 aliphatic rings. The number of hydrogen-bond donors (Lipinski definition) is 1. The molecule has 100 valence electrons. The SMILES string of the molecule is OC1CCCCc2cn(CC3CCOCC3)cc21. The van der Waals surface area contributed by atoms with E-state index in [2.05, 4.69) is 17.0 Å². The van der Waals surface area contributed by atoms with E-state index in [0.29, 0.717) is 0 Å². The first-order valence-electron chi connectivity index (χ1n) is 7.27. The summed E-state index contributed by atoms with van der Waals surface area (Å²) in [4.78, 5) is 0. The van der Waals surface area contributed by atoms with Crippen LogP contribution in [-0.4, -0.2) is 22.9 Å². The lowest BCUT2D eigenvalue weighted by molar-refractivity contribution is 0.0612. The minimum atomic E-state index is -0.238. The molecule has 1 fully saturated rings. The van der Waals surface area contributed by atoms with Gasteiger partial charge in [-0.1, -0.05) is 6.42 Å². The number of aliphatic hydroxyl groups is 1. The van der Waals surface area contributed by atoms with Crippen molar-refractivity contribution in [1.29, 1.82) is 0 Å². The van der Waals surface area contributed by atoms with Gasteiger partial charge in [0.25, 0.3) is 0 Å². The monoisotopic (exact) mass is 249 g/mol. The Labute approximate surface area is 109 Å². The zero-order valence-corrected chi connectivity index (χ0v) is 11.0. The number of rotatable bonds is 2. The number of ether oxygens (including phenoxy) is 1. The van der Waals surface area contributed by atoms with Crippen LogP contribution in [0.3, 0.4) is 0 Å². The highest BCUT2D eigenvalue weighted by atomic mass is 16.5. The molecule has 2 heterocycles. The third-order valence-corrected chi connectivity index (χ3v) is 4.34. The summed E-state index contributed by atoms with van der Waals surface area (Å²) in [6.07, 6.45) is 11.0. The third-order valence-electron chi connectivity index (χ3n) is 4.34. The van der Waals surface area contributed by atoms with Crippen molar-refractivity contribution in [3.8, 4) is 0 Å². The molecule has 1 aliphatic heterocycles. The van der Waals surface area contributed by atoms with Crippen molar-refractivity contribution in [1.82, 2.24) is 4.57 Å². The van der Waals surface area contributed by atoms with Crippen LogP contribution in [0.2, 0.25) is 0 Å². The number of fused-ring (bicyclic) bond motifs is 1. The first kappa shape index (κ1) is 12.2. The summed E-state index contributed by atoms with van der Waals surface area (Å²) in [5.74, 6) is 0.743. The topological polar surface area (TPSA) is 34.4 Å². The maximum atomic E-state index is 10.1. The normalized spacial score (nSPS) is 25.7. The lowest BCUT2D eigenvalue weighted by Crippen LogP contribution is -2.19. The quantitative estimate of drug-likeness (QED) is 0.818. The maximum absolute atomic E-state index is 10.1. The fourth-order valence-electron chi connectivity index (χ4n) is 3.22. The van der Waals surface area contributed by atoms with Crippen molar-refractivity contribution in [2.45, 2.75) is 51.2 Å². The molecule has 1 aliphatic carbocycles. The van der Waals surface area contributed by atoms with Crippen LogP contribution in [0.5, 0.6) is 0 Å². The van der Waals surface area contributed by atoms with Gasteiger partial charge in [-0.2, -0.15) is 0 Å². The van der Waals surface area contributed by atoms with Crippen LogP contribution in [0, 0.1) is 5.92 Å². The molecule has 3 heteroatoms. The van der Waals surface area contributed by atoms with E-state index in [0.717, 1.165) is 44.9 Å². The van der Waals surface area contributed by atoms with Gasteiger partial charge in [-0.15, -0.1) is 0 Å². The van der Waals surface area contributed by atoms with Crippen molar-refractivity contribution in [2.24, 2.45) is 5.92 Å². The lowest BCUT2D eigenvalue weighted by atomic mass is 10.0. The maximum Gasteiger partial charge on any atom is 0.0807 e. The van der Waals surface area contributed by atoms with E-state index in [4.69, 9.17) is 4.74 Å². The minimum Gasteiger partial charge on any atom is -0.388 e. The summed E-state index contributed by atoms with van der Waals surface area (Å²) in [6.45, 7) is 2.91. The summed E-state index contributed by atoms with van der Waals surface area (Å²) >= 11 is 0. The second-order valence-electron chi connectivity index (χ2n) is 5.75. The Kier molecular flexibility index (Phi) is 3.71. The first-order chi connectivity index (χ1) is 8.83. The molecule has 0 saturated carbocycles. The Morgan fingerprint density at radius 2 is 2.00 bits per heavy atom. The van der Waals surface area contributed by atoms with Gasteiger partial charge >= 0.3 is 0 Å². The molecule has 3 rings (SSSR count). The fraction of sp³-hybridized carbons (Fsp3) is 0.733. The molecule has 0 aromatic carbocycles. The van der Waals surface area contributed by atoms with Gasteiger partial charge in [-0.3, -0.25) is 0 Å². The van der Waals surface area contributed by atoms with Crippen LogP contribution in [0.25, 0.3) is 0 Å². The van der Waals surface area contributed by atoms with Gasteiger partial charge in [-0.05, 0) is 43.6 Å². The Morgan fingerprint density at radius 1 is 1.17 bits per heavy atom. The van der Waals surface area contributed by atoms with Gasteiger partial charge < -0.3 is 14.4 Å². The number of aryl methyl sites for hydroxylation is 1. The highest BCUT2D eigenvalue weighted by Crippen LogP contribution is 2.30. The van der Waals surface area contributed by atoms with E-state index in [-0.39, 0.29) is 6.10 Å². The molecule has 0 radical (unpaired) electrons. The number of aromatic nitrogens is 1. The summed E-state index contributed by atoms with van der Waals surface area (Å²) in [6, 6.07) is 0. The molecule has 18 heavy (non-hydrogen) atoms. The van der Waals surface area contributed by atoms with Crippen LogP contribution < -0.4 is 0 Å². The van der Waals surface area contributed by atoms with Gasteiger partial charge in [0.05, 0.1) is 6.10 Å². The molecule has 1 atom stereocenters. The molecule has 1 aromatic rings. The summed E-state index contributed by atoms with van der Waals surface area (Å²) in [5.41, 5.74) is 2.55. The standard InChI is InChI=1S/C15H23NO2/c17-15-4-2-1-3-13-10-16(11-14(13)15)9-12-5-7-18-8-6-12/h10-12,15,17H,1-9H2. The summed E-state index contributed by atoms with van der Waals surface area (Å²) in [7, 11) is 0. The van der Waals surface area contributed by atoms with Crippen LogP contribution in [0.4, 0.5) is 0 Å². The van der Waals surface area contributed by atoms with Crippen molar-refractivity contribution in [3.05, 3.63) is 23.5 Å². The molecular formula is C15H23NO2. The predicted octanol–water partition coefficient (Wildman–Crippen LogP) is 2.67. The Bertz CT molecular complexity index is 393. The highest BCUT2D eigenvalue weighted by Gasteiger charge is 2.20. The van der Waals surface area contributed by atoms with Gasteiger partial charge in [0.2, 0.25) is 0 Å². The number of hydrogen-bond acceptors (Lipinski definition) is 2. The molecule has 1 aromatic heterocycles. The average molecular weight is 249 g/mol. The van der Waals surface area contributed by atoms with Gasteiger partial charge in [0.15, 0.2) is 0 Å². The van der Waals surface area contributed by atoms with Gasteiger partial charge in [0.1, 0.15) is 0 Å². The number of nitrogens with zero attached hydrogens (tertiary/aromatic N) is 1. The number of aliphatic hydroxyl groups excluding tert-OH is 1. The van der Waals surface area contributed by atoms with Crippen molar-refractivity contribution < 1.29 is 9.84 Å². The zero-order valence-electron chi connectivity index (χ0n) is 11.0. The van der Waals surface area contributed by atoms with Crippen LogP contribution >= 0.6 is 0 Å². The molecule has 0 bridgehead atoms. The molecule has 0 amide bonds. The first-order valence-corrected chi connectivity index (χ1v) is 7.27. The van der Waals surface area contributed by atoms with Crippen molar-refractivity contribution in [2.75, 3.05) is 13.2 Å². The van der Waals surface area contributed by atoms with E-state index in [1.54, 1.807) is 0 Å². The van der Waals surface area contributed by atoms with Crippen molar-refractivity contribution >= 4 is 0 Å². The van der Waals surface area contributed by atoms with Crippen molar-refractivity contribution in [3.63, 3.8) is 0 Å². The van der Waals surface area contributed by atoms with Gasteiger partial charge in [0, 0.05) is 37.7 Å². The van der Waals surface area contributed by atoms with Crippen LogP contribution in [0.15, 0.2) is 12.4 Å². The van der Waals surface area contributed by atoms with E-state index in [1.165, 1.54) is 30.4 Å². The molecule has 1 saturated heterocycles. The largest absolute Gasteiger partial charge is 0.388 e. The summed E-state index contributed by atoms with van der Waals surface area (Å²) < 4.78 is 7.70. The highest BCUT2D eigenvalue weighted by molar-refractivity contribution is 5.28. The van der Waals surface area contributed by atoms with Gasteiger partial charge in [-0.25, -0.2) is 0 Å². The smallest absolute Gasteiger partial charge is 0.0807 e.